The molecule has 1 nitrogen and oxygen atoms in total. The lowest BCUT2D eigenvalue weighted by Crippen LogP contribution is -2.03. The van der Waals surface area contributed by atoms with Gasteiger partial charge in [-0.25, -0.2) is 4.39 Å². The van der Waals surface area contributed by atoms with Gasteiger partial charge < -0.3 is 0 Å². The molecule has 0 bridgehead atoms. The Labute approximate surface area is 108 Å². The number of halogens is 2. The van der Waals surface area contributed by atoms with E-state index in [2.05, 4.69) is 0 Å². The van der Waals surface area contributed by atoms with Crippen LogP contribution in [0.3, 0.4) is 0 Å². The van der Waals surface area contributed by atoms with Crippen LogP contribution in [-0.4, -0.2) is 5.78 Å². The standard InChI is InChI=1S/C13H10ClFOS/c1-7-4-3-5-9(11(7)15)12(16)10-6-8(2)13(14)17-10/h3-6H,1-2H3. The van der Waals surface area contributed by atoms with Crippen molar-refractivity contribution in [3.05, 3.63) is 56.0 Å². The van der Waals surface area contributed by atoms with E-state index in [1.807, 2.05) is 6.92 Å². The normalized spacial score (nSPS) is 10.6. The first kappa shape index (κ1) is 12.3. The summed E-state index contributed by atoms with van der Waals surface area (Å²) in [4.78, 5) is 12.6. The number of hydrogen-bond donors (Lipinski definition) is 0. The Kier molecular flexibility index (Phi) is 3.31. The van der Waals surface area contributed by atoms with Gasteiger partial charge in [0.1, 0.15) is 5.82 Å². The molecule has 1 aromatic heterocycles. The van der Waals surface area contributed by atoms with Crippen molar-refractivity contribution in [1.82, 2.24) is 0 Å². The maximum atomic E-state index is 13.8. The van der Waals surface area contributed by atoms with Crippen molar-refractivity contribution in [3.8, 4) is 0 Å². The molecule has 0 saturated carbocycles. The molecule has 0 N–H and O–H groups in total. The van der Waals surface area contributed by atoms with Crippen molar-refractivity contribution in [3.63, 3.8) is 0 Å². The van der Waals surface area contributed by atoms with Gasteiger partial charge in [0.25, 0.3) is 0 Å². The van der Waals surface area contributed by atoms with Gasteiger partial charge in [-0.2, -0.15) is 0 Å². The number of rotatable bonds is 2. The summed E-state index contributed by atoms with van der Waals surface area (Å²) in [5, 5.41) is 0. The fourth-order valence-corrected chi connectivity index (χ4v) is 2.68. The highest BCUT2D eigenvalue weighted by Crippen LogP contribution is 2.29. The van der Waals surface area contributed by atoms with Gasteiger partial charge >= 0.3 is 0 Å². The lowest BCUT2D eigenvalue weighted by Gasteiger charge is -2.02. The van der Waals surface area contributed by atoms with E-state index in [9.17, 15) is 9.18 Å². The second-order valence-corrected chi connectivity index (χ2v) is 5.49. The van der Waals surface area contributed by atoms with Crippen LogP contribution in [0.5, 0.6) is 0 Å². The Bertz CT molecular complexity index is 570. The molecule has 88 valence electrons. The number of thiophene rings is 1. The summed E-state index contributed by atoms with van der Waals surface area (Å²) in [6, 6.07) is 6.50. The first-order valence-corrected chi connectivity index (χ1v) is 6.26. The maximum Gasteiger partial charge on any atom is 0.205 e. The molecule has 0 aliphatic heterocycles. The SMILES string of the molecule is Cc1cc(C(=O)c2cccc(C)c2F)sc1Cl. The third kappa shape index (κ3) is 2.26. The fraction of sp³-hybridized carbons (Fsp3) is 0.154. The molecule has 0 spiro atoms. The highest BCUT2D eigenvalue weighted by atomic mass is 35.5. The van der Waals surface area contributed by atoms with E-state index in [1.165, 1.54) is 17.4 Å². The van der Waals surface area contributed by atoms with Crippen LogP contribution in [-0.2, 0) is 0 Å². The lowest BCUT2D eigenvalue weighted by atomic mass is 10.1. The zero-order chi connectivity index (χ0) is 12.6. The number of aryl methyl sites for hydroxylation is 2. The summed E-state index contributed by atoms with van der Waals surface area (Å²) in [7, 11) is 0. The minimum Gasteiger partial charge on any atom is -0.288 e. The predicted molar refractivity (Wildman–Crippen MR) is 68.6 cm³/mol. The Balaban J connectivity index is 2.47. The van der Waals surface area contributed by atoms with Crippen LogP contribution in [0.15, 0.2) is 24.3 Å². The minimum atomic E-state index is -0.459. The number of carbonyl (C=O) groups is 1. The van der Waals surface area contributed by atoms with E-state index in [4.69, 9.17) is 11.6 Å². The summed E-state index contributed by atoms with van der Waals surface area (Å²) in [5.74, 6) is -0.772. The summed E-state index contributed by atoms with van der Waals surface area (Å²) in [5.41, 5.74) is 1.41. The number of ketones is 1. The zero-order valence-electron chi connectivity index (χ0n) is 9.38. The van der Waals surface area contributed by atoms with Crippen molar-refractivity contribution in [2.24, 2.45) is 0 Å². The summed E-state index contributed by atoms with van der Waals surface area (Å²) in [6.07, 6.45) is 0. The Morgan fingerprint density at radius 2 is 2.00 bits per heavy atom. The Morgan fingerprint density at radius 3 is 2.59 bits per heavy atom. The molecule has 1 aromatic carbocycles. The molecule has 2 rings (SSSR count). The van der Waals surface area contributed by atoms with Crippen LogP contribution in [0.4, 0.5) is 4.39 Å². The van der Waals surface area contributed by atoms with Gasteiger partial charge in [-0.3, -0.25) is 4.79 Å². The molecule has 0 saturated heterocycles. The van der Waals surface area contributed by atoms with Gasteiger partial charge in [0.2, 0.25) is 5.78 Å². The van der Waals surface area contributed by atoms with Crippen LogP contribution in [0.25, 0.3) is 0 Å². The van der Waals surface area contributed by atoms with Gasteiger partial charge in [0.15, 0.2) is 0 Å². The quantitative estimate of drug-likeness (QED) is 0.739. The zero-order valence-corrected chi connectivity index (χ0v) is 11.0. The molecule has 0 amide bonds. The second-order valence-electron chi connectivity index (χ2n) is 3.83. The van der Waals surface area contributed by atoms with Crippen molar-refractivity contribution in [2.75, 3.05) is 0 Å². The van der Waals surface area contributed by atoms with Gasteiger partial charge in [-0.15, -0.1) is 11.3 Å². The van der Waals surface area contributed by atoms with Crippen molar-refractivity contribution in [2.45, 2.75) is 13.8 Å². The van der Waals surface area contributed by atoms with Gasteiger partial charge in [0.05, 0.1) is 14.8 Å². The topological polar surface area (TPSA) is 17.1 Å². The van der Waals surface area contributed by atoms with Crippen LogP contribution in [0.2, 0.25) is 4.34 Å². The summed E-state index contributed by atoms with van der Waals surface area (Å²) >= 11 is 7.09. The summed E-state index contributed by atoms with van der Waals surface area (Å²) in [6.45, 7) is 3.46. The first-order valence-electron chi connectivity index (χ1n) is 5.06. The van der Waals surface area contributed by atoms with Crippen molar-refractivity contribution in [1.29, 1.82) is 0 Å². The molecule has 0 radical (unpaired) electrons. The lowest BCUT2D eigenvalue weighted by molar-refractivity contribution is 0.103. The van der Waals surface area contributed by atoms with E-state index in [-0.39, 0.29) is 11.3 Å². The van der Waals surface area contributed by atoms with Crippen LogP contribution >= 0.6 is 22.9 Å². The monoisotopic (exact) mass is 268 g/mol. The summed E-state index contributed by atoms with van der Waals surface area (Å²) < 4.78 is 14.4. The van der Waals surface area contributed by atoms with Crippen molar-refractivity contribution >= 4 is 28.7 Å². The van der Waals surface area contributed by atoms with Gasteiger partial charge in [-0.05, 0) is 37.1 Å². The highest BCUT2D eigenvalue weighted by Gasteiger charge is 2.18. The smallest absolute Gasteiger partial charge is 0.205 e. The molecule has 17 heavy (non-hydrogen) atoms. The Morgan fingerprint density at radius 1 is 1.29 bits per heavy atom. The van der Waals surface area contributed by atoms with Crippen LogP contribution in [0.1, 0.15) is 26.4 Å². The minimum absolute atomic E-state index is 0.0999. The molecule has 4 heteroatoms. The van der Waals surface area contributed by atoms with E-state index in [0.717, 1.165) is 5.56 Å². The molecule has 0 aliphatic carbocycles. The second kappa shape index (κ2) is 4.59. The van der Waals surface area contributed by atoms with E-state index < -0.39 is 5.82 Å². The molecular formula is C13H10ClFOS. The predicted octanol–water partition coefficient (Wildman–Crippen LogP) is 4.39. The molecule has 0 fully saturated rings. The average Bonchev–Trinajstić information content (AvgIpc) is 2.62. The molecule has 0 unspecified atom stereocenters. The molecule has 2 aromatic rings. The van der Waals surface area contributed by atoms with Crippen LogP contribution < -0.4 is 0 Å². The largest absolute Gasteiger partial charge is 0.288 e. The highest BCUT2D eigenvalue weighted by molar-refractivity contribution is 7.18. The fourth-order valence-electron chi connectivity index (χ4n) is 1.53. The van der Waals surface area contributed by atoms with E-state index >= 15 is 0 Å². The molecular weight excluding hydrogens is 259 g/mol. The third-order valence-electron chi connectivity index (χ3n) is 2.52. The maximum absolute atomic E-state index is 13.8. The molecule has 1 heterocycles. The van der Waals surface area contributed by atoms with E-state index in [0.29, 0.717) is 14.8 Å². The van der Waals surface area contributed by atoms with E-state index in [1.54, 1.807) is 25.1 Å². The first-order chi connectivity index (χ1) is 8.00. The third-order valence-corrected chi connectivity index (χ3v) is 4.07. The number of carbonyl (C=O) groups excluding carboxylic acids is 1. The Hall–Kier alpha value is -1.19. The molecule has 0 aliphatic rings. The average molecular weight is 269 g/mol. The molecule has 0 atom stereocenters. The van der Waals surface area contributed by atoms with Gasteiger partial charge in [0, 0.05) is 0 Å². The number of hydrogen-bond acceptors (Lipinski definition) is 2. The number of benzene rings is 1. The van der Waals surface area contributed by atoms with Crippen molar-refractivity contribution < 1.29 is 9.18 Å². The van der Waals surface area contributed by atoms with Gasteiger partial charge in [-0.1, -0.05) is 23.7 Å². The van der Waals surface area contributed by atoms with Crippen LogP contribution in [0, 0.1) is 19.7 Å².